The topological polar surface area (TPSA) is 79.4 Å². The Hall–Kier alpha value is -2.61. The quantitative estimate of drug-likeness (QED) is 0.759. The number of aliphatic hydroxyl groups is 1. The molecule has 1 N–H and O–H groups in total. The summed E-state index contributed by atoms with van der Waals surface area (Å²) in [6, 6.07) is 9.86. The Labute approximate surface area is 125 Å². The first-order valence-corrected chi connectivity index (χ1v) is 6.96. The Balaban J connectivity index is 1.72. The predicted molar refractivity (Wildman–Crippen MR) is 75.7 cm³/mol. The van der Waals surface area contributed by atoms with Gasteiger partial charge in [0, 0.05) is 6.54 Å². The smallest absolute Gasteiger partial charge is 0.200 e. The van der Waals surface area contributed by atoms with Crippen LogP contribution in [0.3, 0.4) is 0 Å². The highest BCUT2D eigenvalue weighted by Crippen LogP contribution is 2.35. The zero-order chi connectivity index (χ0) is 15.1. The summed E-state index contributed by atoms with van der Waals surface area (Å²) in [5.74, 6) is 0.396. The van der Waals surface area contributed by atoms with Gasteiger partial charge in [0.1, 0.15) is 5.82 Å². The molecule has 0 amide bonds. The largest absolute Gasteiger partial charge is 0.391 e. The normalized spacial score (nSPS) is 21.6. The number of halogens is 1. The van der Waals surface area contributed by atoms with Crippen LogP contribution in [0, 0.1) is 5.82 Å². The molecule has 0 spiro atoms. The first-order valence-electron chi connectivity index (χ1n) is 6.96. The summed E-state index contributed by atoms with van der Waals surface area (Å²) >= 11 is 0. The Kier molecular flexibility index (Phi) is 2.97. The molecule has 2 atom stereocenters. The monoisotopic (exact) mass is 300 g/mol. The Morgan fingerprint density at radius 2 is 1.95 bits per heavy atom. The average Bonchev–Trinajstić information content (AvgIpc) is 3.13. The lowest BCUT2D eigenvalue weighted by atomic mass is 10.0. The maximum Gasteiger partial charge on any atom is 0.200 e. The summed E-state index contributed by atoms with van der Waals surface area (Å²) < 4.78 is 14.5. The van der Waals surface area contributed by atoms with Gasteiger partial charge in [0.15, 0.2) is 11.5 Å². The zero-order valence-corrected chi connectivity index (χ0v) is 11.5. The van der Waals surface area contributed by atoms with Gasteiger partial charge in [-0.05, 0) is 46.7 Å². The van der Waals surface area contributed by atoms with Crippen molar-refractivity contribution in [3.63, 3.8) is 0 Å². The van der Waals surface area contributed by atoms with Crippen molar-refractivity contribution in [2.45, 2.75) is 18.6 Å². The highest BCUT2D eigenvalue weighted by Gasteiger charge is 2.33. The number of tetrazole rings is 1. The third-order valence-electron chi connectivity index (χ3n) is 3.88. The number of hydrogen-bond acceptors (Lipinski definition) is 6. The van der Waals surface area contributed by atoms with E-state index in [1.165, 1.54) is 16.8 Å². The van der Waals surface area contributed by atoms with E-state index in [0.717, 1.165) is 5.56 Å². The standard InChI is InChI=1S/C14H13FN6O/c15-10-3-1-9(2-4-10)12-7-11(22)8-20(12)14-6-5-13-16-18-19-21(13)17-14/h1-6,11-12,22H,7-8H2/t11-,12-/m1/s1. The summed E-state index contributed by atoms with van der Waals surface area (Å²) in [6.07, 6.45) is 0.113. The van der Waals surface area contributed by atoms with Crippen LogP contribution in [-0.2, 0) is 0 Å². The van der Waals surface area contributed by atoms with E-state index in [1.54, 1.807) is 18.2 Å². The second-order valence-corrected chi connectivity index (χ2v) is 5.33. The van der Waals surface area contributed by atoms with E-state index in [2.05, 4.69) is 20.6 Å². The summed E-state index contributed by atoms with van der Waals surface area (Å²) in [5.41, 5.74) is 1.50. The molecule has 1 aliphatic rings. The Morgan fingerprint density at radius 1 is 1.14 bits per heavy atom. The van der Waals surface area contributed by atoms with Crippen molar-refractivity contribution < 1.29 is 9.50 Å². The van der Waals surface area contributed by atoms with Crippen LogP contribution < -0.4 is 4.90 Å². The van der Waals surface area contributed by atoms with Crippen molar-refractivity contribution in [3.8, 4) is 0 Å². The third-order valence-corrected chi connectivity index (χ3v) is 3.88. The van der Waals surface area contributed by atoms with Gasteiger partial charge in [-0.15, -0.1) is 14.8 Å². The number of benzene rings is 1. The first-order chi connectivity index (χ1) is 10.7. The molecule has 3 heterocycles. The van der Waals surface area contributed by atoms with E-state index < -0.39 is 6.10 Å². The minimum Gasteiger partial charge on any atom is -0.391 e. The van der Waals surface area contributed by atoms with Crippen LogP contribution in [0.5, 0.6) is 0 Å². The maximum atomic E-state index is 13.1. The minimum absolute atomic E-state index is 0.0583. The molecule has 1 aliphatic heterocycles. The average molecular weight is 300 g/mol. The molecule has 1 fully saturated rings. The van der Waals surface area contributed by atoms with Crippen LogP contribution >= 0.6 is 0 Å². The molecule has 0 aliphatic carbocycles. The molecule has 7 nitrogen and oxygen atoms in total. The van der Waals surface area contributed by atoms with E-state index >= 15 is 0 Å². The molecule has 0 radical (unpaired) electrons. The number of fused-ring (bicyclic) bond motifs is 1. The van der Waals surface area contributed by atoms with Gasteiger partial charge in [-0.2, -0.15) is 0 Å². The van der Waals surface area contributed by atoms with Crippen LogP contribution in [-0.4, -0.2) is 43.0 Å². The fraction of sp³-hybridized carbons (Fsp3) is 0.286. The number of aliphatic hydroxyl groups excluding tert-OH is 1. The molecule has 2 aromatic heterocycles. The van der Waals surface area contributed by atoms with Crippen molar-refractivity contribution in [1.82, 2.24) is 25.3 Å². The number of rotatable bonds is 2. The summed E-state index contributed by atoms with van der Waals surface area (Å²) in [7, 11) is 0. The minimum atomic E-state index is -0.457. The molecule has 0 bridgehead atoms. The number of β-amino-alcohol motifs (C(OH)–C–C–N with tert-alkyl or cyclic N) is 1. The molecule has 112 valence electrons. The van der Waals surface area contributed by atoms with Gasteiger partial charge in [-0.3, -0.25) is 0 Å². The van der Waals surface area contributed by atoms with Crippen molar-refractivity contribution in [1.29, 1.82) is 0 Å². The zero-order valence-electron chi connectivity index (χ0n) is 11.5. The molecule has 1 saturated heterocycles. The molecule has 3 aromatic rings. The summed E-state index contributed by atoms with van der Waals surface area (Å²) in [6.45, 7) is 0.461. The second-order valence-electron chi connectivity index (χ2n) is 5.33. The van der Waals surface area contributed by atoms with Crippen LogP contribution in [0.2, 0.25) is 0 Å². The van der Waals surface area contributed by atoms with E-state index in [1.807, 2.05) is 11.0 Å². The summed E-state index contributed by atoms with van der Waals surface area (Å²) in [5, 5.41) is 25.6. The van der Waals surface area contributed by atoms with Crippen LogP contribution in [0.25, 0.3) is 5.65 Å². The van der Waals surface area contributed by atoms with Gasteiger partial charge < -0.3 is 10.0 Å². The fourth-order valence-corrected chi connectivity index (χ4v) is 2.86. The molecule has 1 aromatic carbocycles. The van der Waals surface area contributed by atoms with Crippen LogP contribution in [0.4, 0.5) is 10.2 Å². The second kappa shape index (κ2) is 4.99. The van der Waals surface area contributed by atoms with E-state index in [-0.39, 0.29) is 11.9 Å². The molecule has 22 heavy (non-hydrogen) atoms. The van der Waals surface area contributed by atoms with Crippen molar-refractivity contribution in [2.24, 2.45) is 0 Å². The van der Waals surface area contributed by atoms with E-state index in [9.17, 15) is 9.50 Å². The first kappa shape index (κ1) is 13.1. The Bertz CT molecular complexity index is 804. The Morgan fingerprint density at radius 3 is 2.77 bits per heavy atom. The van der Waals surface area contributed by atoms with Crippen molar-refractivity contribution in [2.75, 3.05) is 11.4 Å². The maximum absolute atomic E-state index is 13.1. The lowest BCUT2D eigenvalue weighted by Gasteiger charge is -2.25. The number of hydrogen-bond donors (Lipinski definition) is 1. The lowest BCUT2D eigenvalue weighted by Crippen LogP contribution is -2.25. The number of aromatic nitrogens is 5. The molecule has 0 saturated carbocycles. The van der Waals surface area contributed by atoms with Gasteiger partial charge in [0.25, 0.3) is 0 Å². The van der Waals surface area contributed by atoms with E-state index in [4.69, 9.17) is 0 Å². The fourth-order valence-electron chi connectivity index (χ4n) is 2.86. The number of nitrogens with zero attached hydrogens (tertiary/aromatic N) is 6. The molecule has 8 heteroatoms. The lowest BCUT2D eigenvalue weighted by molar-refractivity contribution is 0.194. The third kappa shape index (κ3) is 2.17. The number of anilines is 1. The predicted octanol–water partition coefficient (Wildman–Crippen LogP) is 0.971. The highest BCUT2D eigenvalue weighted by atomic mass is 19.1. The molecule has 4 rings (SSSR count). The SMILES string of the molecule is O[C@@H]1C[C@H](c2ccc(F)cc2)N(c2ccc3nnnn3n2)C1. The van der Waals surface area contributed by atoms with Gasteiger partial charge >= 0.3 is 0 Å². The molecular formula is C14H13FN6O. The molecule has 0 unspecified atom stereocenters. The van der Waals surface area contributed by atoms with Crippen LogP contribution in [0.1, 0.15) is 18.0 Å². The molecular weight excluding hydrogens is 287 g/mol. The van der Waals surface area contributed by atoms with E-state index in [0.29, 0.717) is 24.4 Å². The van der Waals surface area contributed by atoms with Gasteiger partial charge in [-0.1, -0.05) is 12.1 Å². The highest BCUT2D eigenvalue weighted by molar-refractivity contribution is 5.48. The van der Waals surface area contributed by atoms with Gasteiger partial charge in [0.05, 0.1) is 12.1 Å². The van der Waals surface area contributed by atoms with Gasteiger partial charge in [0.2, 0.25) is 0 Å². The van der Waals surface area contributed by atoms with Crippen LogP contribution in [0.15, 0.2) is 36.4 Å². The summed E-state index contributed by atoms with van der Waals surface area (Å²) in [4.78, 5) is 1.99. The van der Waals surface area contributed by atoms with Gasteiger partial charge in [-0.25, -0.2) is 4.39 Å². The van der Waals surface area contributed by atoms with Crippen molar-refractivity contribution in [3.05, 3.63) is 47.8 Å². The van der Waals surface area contributed by atoms with Crippen molar-refractivity contribution >= 4 is 11.5 Å².